The molecule has 2 aliphatic rings. The number of aromatic nitrogens is 3. The molecule has 1 atom stereocenters. The van der Waals surface area contributed by atoms with Crippen molar-refractivity contribution in [3.05, 3.63) is 28.2 Å². The van der Waals surface area contributed by atoms with Crippen LogP contribution in [0.5, 0.6) is 0 Å². The highest BCUT2D eigenvalue weighted by Crippen LogP contribution is 2.34. The van der Waals surface area contributed by atoms with Gasteiger partial charge in [0.2, 0.25) is 5.95 Å². The summed E-state index contributed by atoms with van der Waals surface area (Å²) in [5.41, 5.74) is 7.35. The maximum Gasteiger partial charge on any atom is 0.221 e. The van der Waals surface area contributed by atoms with Gasteiger partial charge in [0.15, 0.2) is 5.82 Å². The van der Waals surface area contributed by atoms with Crippen LogP contribution in [0, 0.1) is 0 Å². The van der Waals surface area contributed by atoms with Gasteiger partial charge in [0.05, 0.1) is 6.04 Å². The molecule has 0 bridgehead atoms. The van der Waals surface area contributed by atoms with E-state index in [1.165, 1.54) is 5.56 Å². The Kier molecular flexibility index (Phi) is 3.43. The molecule has 0 radical (unpaired) electrons. The summed E-state index contributed by atoms with van der Waals surface area (Å²) in [6, 6.07) is 2.90. The molecule has 1 saturated carbocycles. The number of rotatable bonds is 2. The Labute approximate surface area is 128 Å². The topological polar surface area (TPSA) is 68.8 Å². The van der Waals surface area contributed by atoms with Crippen molar-refractivity contribution in [1.29, 1.82) is 0 Å². The summed E-state index contributed by atoms with van der Waals surface area (Å²) in [5.74, 6) is 2.42. The van der Waals surface area contributed by atoms with Crippen LogP contribution in [0.2, 0.25) is 0 Å². The van der Waals surface area contributed by atoms with Gasteiger partial charge >= 0.3 is 0 Å². The largest absolute Gasteiger partial charge is 0.354 e. The molecule has 5 nitrogen and oxygen atoms in total. The molecule has 1 aliphatic heterocycles. The molecule has 4 rings (SSSR count). The summed E-state index contributed by atoms with van der Waals surface area (Å²) >= 11 is 1.75. The Morgan fingerprint density at radius 3 is 2.86 bits per heavy atom. The second-order valence-electron chi connectivity index (χ2n) is 6.14. The van der Waals surface area contributed by atoms with Crippen molar-refractivity contribution in [3.8, 4) is 0 Å². The minimum Gasteiger partial charge on any atom is -0.354 e. The molecule has 3 N–H and O–H groups in total. The average Bonchev–Trinajstić information content (AvgIpc) is 3.17. The maximum absolute atomic E-state index is 6.00. The van der Waals surface area contributed by atoms with Gasteiger partial charge in [0.1, 0.15) is 0 Å². The lowest BCUT2D eigenvalue weighted by molar-refractivity contribution is 0.380. The average molecular weight is 303 g/mol. The number of hydrogen-bond donors (Lipinski definition) is 2. The second kappa shape index (κ2) is 5.42. The van der Waals surface area contributed by atoms with E-state index in [0.29, 0.717) is 18.0 Å². The van der Waals surface area contributed by atoms with Crippen LogP contribution in [0.3, 0.4) is 0 Å². The van der Waals surface area contributed by atoms with Crippen molar-refractivity contribution in [2.45, 2.75) is 50.1 Å². The highest BCUT2D eigenvalue weighted by Gasteiger charge is 2.29. The fraction of sp³-hybridized carbons (Fsp3) is 0.600. The lowest BCUT2D eigenvalue weighted by Crippen LogP contribution is -2.26. The standard InChI is InChI=1S/C15H21N5S/c16-12-3-1-10(2-4-12)14-18-15-17-7-5-13(20(15)19-14)11-6-8-21-9-11/h6,8-10,12-13H,1-5,7,16H2,(H,17,18,19). The molecule has 6 heteroatoms. The minimum atomic E-state index is 0.333. The summed E-state index contributed by atoms with van der Waals surface area (Å²) in [4.78, 5) is 4.76. The first-order valence-electron chi connectivity index (χ1n) is 7.79. The van der Waals surface area contributed by atoms with Crippen LogP contribution in [-0.4, -0.2) is 27.4 Å². The fourth-order valence-electron chi connectivity index (χ4n) is 3.44. The quantitative estimate of drug-likeness (QED) is 0.895. The third-order valence-electron chi connectivity index (χ3n) is 4.71. The van der Waals surface area contributed by atoms with E-state index in [1.807, 2.05) is 0 Å². The fourth-order valence-corrected chi connectivity index (χ4v) is 4.15. The summed E-state index contributed by atoms with van der Waals surface area (Å²) in [6.45, 7) is 0.966. The molecule has 2 aromatic heterocycles. The van der Waals surface area contributed by atoms with Gasteiger partial charge in [0, 0.05) is 18.5 Å². The van der Waals surface area contributed by atoms with Crippen LogP contribution in [0.1, 0.15) is 55.5 Å². The smallest absolute Gasteiger partial charge is 0.221 e. The zero-order valence-electron chi connectivity index (χ0n) is 12.0. The van der Waals surface area contributed by atoms with Crippen LogP contribution >= 0.6 is 11.3 Å². The van der Waals surface area contributed by atoms with Crippen molar-refractivity contribution >= 4 is 17.3 Å². The van der Waals surface area contributed by atoms with Crippen LogP contribution in [0.25, 0.3) is 0 Å². The van der Waals surface area contributed by atoms with Crippen LogP contribution < -0.4 is 11.1 Å². The van der Waals surface area contributed by atoms with Crippen LogP contribution in [-0.2, 0) is 0 Å². The Balaban J connectivity index is 1.62. The number of thiophene rings is 1. The number of nitrogens with zero attached hydrogens (tertiary/aromatic N) is 3. The molecular weight excluding hydrogens is 282 g/mol. The van der Waals surface area contributed by atoms with Crippen molar-refractivity contribution in [2.75, 3.05) is 11.9 Å². The van der Waals surface area contributed by atoms with E-state index in [9.17, 15) is 0 Å². The number of fused-ring (bicyclic) bond motifs is 1. The molecule has 0 spiro atoms. The first kappa shape index (κ1) is 13.3. The third kappa shape index (κ3) is 2.46. The van der Waals surface area contributed by atoms with E-state index in [1.54, 1.807) is 11.3 Å². The van der Waals surface area contributed by atoms with Gasteiger partial charge in [-0.2, -0.15) is 21.4 Å². The van der Waals surface area contributed by atoms with Gasteiger partial charge in [-0.15, -0.1) is 0 Å². The molecule has 1 aliphatic carbocycles. The Morgan fingerprint density at radius 2 is 2.10 bits per heavy atom. The summed E-state index contributed by atoms with van der Waals surface area (Å²) in [7, 11) is 0. The van der Waals surface area contributed by atoms with E-state index in [2.05, 4.69) is 26.8 Å². The maximum atomic E-state index is 6.00. The normalized spacial score (nSPS) is 28.9. The van der Waals surface area contributed by atoms with Gasteiger partial charge in [-0.05, 0) is 54.5 Å². The number of nitrogens with two attached hydrogens (primary N) is 1. The molecule has 0 saturated heterocycles. The molecule has 3 heterocycles. The Bertz CT molecular complexity index is 598. The lowest BCUT2D eigenvalue weighted by Gasteiger charge is -2.24. The molecule has 21 heavy (non-hydrogen) atoms. The number of anilines is 1. The highest BCUT2D eigenvalue weighted by atomic mass is 32.1. The first-order valence-corrected chi connectivity index (χ1v) is 8.73. The van der Waals surface area contributed by atoms with Gasteiger partial charge < -0.3 is 11.1 Å². The summed E-state index contributed by atoms with van der Waals surface area (Å²) in [6.07, 6.45) is 5.50. The van der Waals surface area contributed by atoms with Gasteiger partial charge in [-0.1, -0.05) is 0 Å². The van der Waals surface area contributed by atoms with Crippen molar-refractivity contribution < 1.29 is 0 Å². The molecule has 112 valence electrons. The Morgan fingerprint density at radius 1 is 1.24 bits per heavy atom. The molecule has 1 unspecified atom stereocenters. The summed E-state index contributed by atoms with van der Waals surface area (Å²) < 4.78 is 2.09. The molecular formula is C15H21N5S. The third-order valence-corrected chi connectivity index (χ3v) is 5.41. The predicted molar refractivity (Wildman–Crippen MR) is 84.8 cm³/mol. The minimum absolute atomic E-state index is 0.333. The van der Waals surface area contributed by atoms with Gasteiger partial charge in [-0.3, -0.25) is 0 Å². The van der Waals surface area contributed by atoms with Crippen LogP contribution in [0.4, 0.5) is 5.95 Å². The first-order chi connectivity index (χ1) is 10.3. The van der Waals surface area contributed by atoms with Gasteiger partial charge in [0.25, 0.3) is 0 Å². The lowest BCUT2D eigenvalue weighted by atomic mass is 9.86. The van der Waals surface area contributed by atoms with Crippen molar-refractivity contribution in [2.24, 2.45) is 5.73 Å². The monoisotopic (exact) mass is 303 g/mol. The van der Waals surface area contributed by atoms with Gasteiger partial charge in [-0.25, -0.2) is 4.68 Å². The molecule has 0 aromatic carbocycles. The van der Waals surface area contributed by atoms with Crippen LogP contribution in [0.15, 0.2) is 16.8 Å². The zero-order valence-corrected chi connectivity index (χ0v) is 12.9. The second-order valence-corrected chi connectivity index (χ2v) is 6.92. The van der Waals surface area contributed by atoms with E-state index in [0.717, 1.165) is 50.4 Å². The zero-order chi connectivity index (χ0) is 14.2. The molecule has 0 amide bonds. The van der Waals surface area contributed by atoms with E-state index in [-0.39, 0.29) is 0 Å². The number of nitrogens with one attached hydrogen (secondary N) is 1. The van der Waals surface area contributed by atoms with E-state index < -0.39 is 0 Å². The molecule has 2 aromatic rings. The highest BCUT2D eigenvalue weighted by molar-refractivity contribution is 7.07. The van der Waals surface area contributed by atoms with E-state index in [4.69, 9.17) is 15.8 Å². The SMILES string of the molecule is NC1CCC(c2nc3n(n2)C(c2ccsc2)CCN3)CC1. The van der Waals surface area contributed by atoms with E-state index >= 15 is 0 Å². The van der Waals surface area contributed by atoms with Crippen molar-refractivity contribution in [1.82, 2.24) is 14.8 Å². The molecule has 1 fully saturated rings. The number of hydrogen-bond acceptors (Lipinski definition) is 5. The Hall–Kier alpha value is -1.40. The van der Waals surface area contributed by atoms with Crippen molar-refractivity contribution in [3.63, 3.8) is 0 Å². The summed E-state index contributed by atoms with van der Waals surface area (Å²) in [5, 5.41) is 12.6. The predicted octanol–water partition coefficient (Wildman–Crippen LogP) is 2.73.